The molecule has 0 amide bonds. The van der Waals surface area contributed by atoms with Crippen molar-refractivity contribution in [2.75, 3.05) is 37.7 Å². The van der Waals surface area contributed by atoms with Crippen molar-refractivity contribution < 1.29 is 0 Å². The third-order valence-corrected chi connectivity index (χ3v) is 5.23. The van der Waals surface area contributed by atoms with Crippen LogP contribution in [0.15, 0.2) is 30.3 Å². The number of benzene rings is 1. The number of thioether (sulfide) groups is 1. The summed E-state index contributed by atoms with van der Waals surface area (Å²) in [5, 5.41) is 3.64. The summed E-state index contributed by atoms with van der Waals surface area (Å²) >= 11 is 2.13. The van der Waals surface area contributed by atoms with E-state index in [-0.39, 0.29) is 0 Å². The molecule has 2 fully saturated rings. The molecule has 2 heterocycles. The van der Waals surface area contributed by atoms with Gasteiger partial charge in [0.05, 0.1) is 0 Å². The van der Waals surface area contributed by atoms with Crippen molar-refractivity contribution >= 4 is 11.8 Å². The van der Waals surface area contributed by atoms with Gasteiger partial charge in [-0.3, -0.25) is 4.90 Å². The molecular weight excluding hydrogens is 240 g/mol. The fraction of sp³-hybridized carbons (Fsp3) is 0.600. The van der Waals surface area contributed by atoms with Gasteiger partial charge in [-0.2, -0.15) is 11.8 Å². The molecule has 1 aromatic carbocycles. The molecule has 2 saturated heterocycles. The van der Waals surface area contributed by atoms with Crippen molar-refractivity contribution in [3.8, 4) is 0 Å². The van der Waals surface area contributed by atoms with Gasteiger partial charge in [0.2, 0.25) is 0 Å². The molecule has 2 atom stereocenters. The molecule has 0 radical (unpaired) electrons. The lowest BCUT2D eigenvalue weighted by Crippen LogP contribution is -2.47. The molecule has 2 aliphatic rings. The Balaban J connectivity index is 1.58. The largest absolute Gasteiger partial charge is 0.308 e. The summed E-state index contributed by atoms with van der Waals surface area (Å²) in [5.41, 5.74) is 1.43. The Hall–Kier alpha value is -0.510. The van der Waals surface area contributed by atoms with Gasteiger partial charge in [-0.1, -0.05) is 30.3 Å². The lowest BCUT2D eigenvalue weighted by atomic mass is 10.0. The van der Waals surface area contributed by atoms with E-state index < -0.39 is 0 Å². The molecule has 0 spiro atoms. The summed E-state index contributed by atoms with van der Waals surface area (Å²) in [7, 11) is 0. The summed E-state index contributed by atoms with van der Waals surface area (Å²) in [4.78, 5) is 2.66. The summed E-state index contributed by atoms with van der Waals surface area (Å²) in [5.74, 6) is 3.68. The smallest absolute Gasteiger partial charge is 0.0449 e. The van der Waals surface area contributed by atoms with E-state index in [9.17, 15) is 0 Å². The Morgan fingerprint density at radius 3 is 2.94 bits per heavy atom. The topological polar surface area (TPSA) is 15.3 Å². The lowest BCUT2D eigenvalue weighted by molar-refractivity contribution is 0.179. The van der Waals surface area contributed by atoms with Crippen molar-refractivity contribution in [1.82, 2.24) is 10.2 Å². The minimum absolute atomic E-state index is 0.522. The Morgan fingerprint density at radius 1 is 1.28 bits per heavy atom. The van der Waals surface area contributed by atoms with E-state index in [0.29, 0.717) is 6.04 Å². The minimum atomic E-state index is 0.522. The summed E-state index contributed by atoms with van der Waals surface area (Å²) in [6, 6.07) is 11.4. The molecule has 1 aromatic rings. The second-order valence-corrected chi connectivity index (χ2v) is 6.56. The van der Waals surface area contributed by atoms with E-state index >= 15 is 0 Å². The van der Waals surface area contributed by atoms with Gasteiger partial charge in [-0.15, -0.1) is 0 Å². The highest BCUT2D eigenvalue weighted by Gasteiger charge is 2.24. The highest BCUT2D eigenvalue weighted by atomic mass is 32.2. The van der Waals surface area contributed by atoms with Crippen molar-refractivity contribution in [1.29, 1.82) is 0 Å². The molecule has 0 aromatic heterocycles. The van der Waals surface area contributed by atoms with Crippen molar-refractivity contribution in [2.24, 2.45) is 5.92 Å². The number of nitrogens with one attached hydrogen (secondary N) is 1. The molecule has 3 heteroatoms. The van der Waals surface area contributed by atoms with Crippen LogP contribution in [0.25, 0.3) is 0 Å². The minimum Gasteiger partial charge on any atom is -0.308 e. The highest BCUT2D eigenvalue weighted by Crippen LogP contribution is 2.25. The van der Waals surface area contributed by atoms with E-state index in [2.05, 4.69) is 52.3 Å². The second kappa shape index (κ2) is 6.09. The normalized spacial score (nSPS) is 29.6. The second-order valence-electron chi connectivity index (χ2n) is 5.41. The quantitative estimate of drug-likeness (QED) is 0.900. The van der Waals surface area contributed by atoms with Crippen LogP contribution < -0.4 is 5.32 Å². The van der Waals surface area contributed by atoms with Crippen LogP contribution in [0.4, 0.5) is 0 Å². The third kappa shape index (κ3) is 3.08. The summed E-state index contributed by atoms with van der Waals surface area (Å²) < 4.78 is 0. The first-order chi connectivity index (χ1) is 8.92. The van der Waals surface area contributed by atoms with Gasteiger partial charge >= 0.3 is 0 Å². The predicted molar refractivity (Wildman–Crippen MR) is 79.1 cm³/mol. The molecule has 18 heavy (non-hydrogen) atoms. The van der Waals surface area contributed by atoms with Gasteiger partial charge in [0, 0.05) is 32.2 Å². The van der Waals surface area contributed by atoms with Crippen LogP contribution in [0.5, 0.6) is 0 Å². The molecule has 0 saturated carbocycles. The summed E-state index contributed by atoms with van der Waals surface area (Å²) in [6.07, 6.45) is 1.42. The van der Waals surface area contributed by atoms with Gasteiger partial charge in [0.15, 0.2) is 0 Å². The van der Waals surface area contributed by atoms with Crippen LogP contribution in [0.3, 0.4) is 0 Å². The molecule has 2 aliphatic heterocycles. The molecule has 3 rings (SSSR count). The molecule has 98 valence electrons. The number of rotatable bonds is 3. The lowest BCUT2D eigenvalue weighted by Gasteiger charge is -2.35. The molecular formula is C15H22N2S. The Kier molecular flexibility index (Phi) is 4.24. The fourth-order valence-electron chi connectivity index (χ4n) is 2.98. The molecule has 0 bridgehead atoms. The number of piperazine rings is 1. The van der Waals surface area contributed by atoms with Gasteiger partial charge in [-0.05, 0) is 29.4 Å². The Labute approximate surface area is 114 Å². The molecule has 1 N–H and O–H groups in total. The first-order valence-electron chi connectivity index (χ1n) is 7.00. The first-order valence-corrected chi connectivity index (χ1v) is 8.16. The zero-order valence-electron chi connectivity index (χ0n) is 10.8. The first kappa shape index (κ1) is 12.5. The monoisotopic (exact) mass is 262 g/mol. The maximum absolute atomic E-state index is 3.64. The van der Waals surface area contributed by atoms with E-state index in [0.717, 1.165) is 12.5 Å². The average Bonchev–Trinajstić information content (AvgIpc) is 2.93. The fourth-order valence-corrected chi connectivity index (χ4v) is 4.25. The molecule has 2 nitrogen and oxygen atoms in total. The van der Waals surface area contributed by atoms with E-state index in [1.807, 2.05) is 0 Å². The zero-order valence-corrected chi connectivity index (χ0v) is 11.7. The van der Waals surface area contributed by atoms with E-state index in [4.69, 9.17) is 0 Å². The van der Waals surface area contributed by atoms with Crippen molar-refractivity contribution in [3.05, 3.63) is 35.9 Å². The standard InChI is InChI=1S/C15H22N2S/c1-2-4-14(5-3-1)15-11-17(8-7-16-15)10-13-6-9-18-12-13/h1-5,13,15-16H,6-12H2. The highest BCUT2D eigenvalue weighted by molar-refractivity contribution is 7.99. The van der Waals surface area contributed by atoms with E-state index in [1.54, 1.807) is 0 Å². The predicted octanol–water partition coefficient (Wildman–Crippen LogP) is 2.39. The molecule has 0 aliphatic carbocycles. The number of nitrogens with zero attached hydrogens (tertiary/aromatic N) is 1. The third-order valence-electron chi connectivity index (χ3n) is 4.00. The van der Waals surface area contributed by atoms with Crippen LogP contribution in [-0.4, -0.2) is 42.6 Å². The van der Waals surface area contributed by atoms with Crippen molar-refractivity contribution in [2.45, 2.75) is 12.5 Å². The average molecular weight is 262 g/mol. The van der Waals surface area contributed by atoms with Crippen LogP contribution in [0.1, 0.15) is 18.0 Å². The number of hydrogen-bond donors (Lipinski definition) is 1. The Bertz CT molecular complexity index is 362. The van der Waals surface area contributed by atoms with E-state index in [1.165, 1.54) is 43.1 Å². The van der Waals surface area contributed by atoms with Crippen LogP contribution in [0, 0.1) is 5.92 Å². The van der Waals surface area contributed by atoms with Gasteiger partial charge in [-0.25, -0.2) is 0 Å². The zero-order chi connectivity index (χ0) is 12.2. The van der Waals surface area contributed by atoms with Crippen LogP contribution in [0.2, 0.25) is 0 Å². The van der Waals surface area contributed by atoms with Crippen LogP contribution in [-0.2, 0) is 0 Å². The maximum atomic E-state index is 3.64. The molecule has 2 unspecified atom stereocenters. The van der Waals surface area contributed by atoms with Gasteiger partial charge in [0.25, 0.3) is 0 Å². The van der Waals surface area contributed by atoms with Crippen molar-refractivity contribution in [3.63, 3.8) is 0 Å². The van der Waals surface area contributed by atoms with Gasteiger partial charge < -0.3 is 5.32 Å². The van der Waals surface area contributed by atoms with Gasteiger partial charge in [0.1, 0.15) is 0 Å². The SMILES string of the molecule is c1ccc(C2CN(CC3CCSC3)CCN2)cc1. The summed E-state index contributed by atoms with van der Waals surface area (Å²) in [6.45, 7) is 4.81. The number of hydrogen-bond acceptors (Lipinski definition) is 3. The maximum Gasteiger partial charge on any atom is 0.0449 e. The Morgan fingerprint density at radius 2 is 2.17 bits per heavy atom. The van der Waals surface area contributed by atoms with Crippen LogP contribution >= 0.6 is 11.8 Å².